The summed E-state index contributed by atoms with van der Waals surface area (Å²) < 4.78 is 10.5. The number of carbonyl (C=O) groups is 1. The van der Waals surface area contributed by atoms with Crippen LogP contribution >= 0.6 is 11.6 Å². The summed E-state index contributed by atoms with van der Waals surface area (Å²) in [6, 6.07) is 3.51. The highest BCUT2D eigenvalue weighted by atomic mass is 35.5. The van der Waals surface area contributed by atoms with Crippen molar-refractivity contribution in [1.29, 1.82) is 0 Å². The summed E-state index contributed by atoms with van der Waals surface area (Å²) in [5, 5.41) is 3.57. The van der Waals surface area contributed by atoms with Crippen molar-refractivity contribution in [3.05, 3.63) is 22.7 Å². The van der Waals surface area contributed by atoms with Gasteiger partial charge in [0.05, 0.1) is 18.2 Å². The molecule has 1 unspecified atom stereocenters. The summed E-state index contributed by atoms with van der Waals surface area (Å²) >= 11 is 6.15. The zero-order valence-corrected chi connectivity index (χ0v) is 12.9. The topological polar surface area (TPSA) is 73.6 Å². The molecule has 6 heteroatoms. The number of carbonyl (C=O) groups excluding carboxylic acids is 1. The predicted octanol–water partition coefficient (Wildman–Crippen LogP) is 1.71. The maximum absolute atomic E-state index is 10.8. The van der Waals surface area contributed by atoms with Gasteiger partial charge < -0.3 is 15.2 Å². The fourth-order valence-electron chi connectivity index (χ4n) is 1.72. The van der Waals surface area contributed by atoms with Gasteiger partial charge in [-0.25, -0.2) is 0 Å². The average Bonchev–Trinajstić information content (AvgIpc) is 2.46. The van der Waals surface area contributed by atoms with E-state index in [2.05, 4.69) is 11.2 Å². The van der Waals surface area contributed by atoms with E-state index in [-0.39, 0.29) is 12.6 Å². The van der Waals surface area contributed by atoms with Crippen LogP contribution in [-0.4, -0.2) is 25.7 Å². The second-order valence-corrected chi connectivity index (χ2v) is 4.78. The Morgan fingerprint density at radius 2 is 2.29 bits per heavy atom. The molecule has 0 saturated carbocycles. The van der Waals surface area contributed by atoms with Crippen molar-refractivity contribution >= 4 is 17.5 Å². The maximum Gasteiger partial charge on any atom is 0.255 e. The SMILES string of the molecule is C#CC(CC)NCc1cc(Cl)c(OCC(N)=O)c(OC)c1. The minimum atomic E-state index is -0.585. The molecule has 3 N–H and O–H groups in total. The number of halogens is 1. The lowest BCUT2D eigenvalue weighted by atomic mass is 10.1. The summed E-state index contributed by atoms with van der Waals surface area (Å²) in [4.78, 5) is 10.8. The highest BCUT2D eigenvalue weighted by Crippen LogP contribution is 2.36. The Kier molecular flexibility index (Phi) is 6.86. The minimum absolute atomic E-state index is 0.000517. The van der Waals surface area contributed by atoms with Crippen LogP contribution < -0.4 is 20.5 Å². The molecule has 5 nitrogen and oxygen atoms in total. The smallest absolute Gasteiger partial charge is 0.255 e. The number of hydrogen-bond donors (Lipinski definition) is 2. The first-order chi connectivity index (χ1) is 10.0. The number of nitrogens with one attached hydrogen (secondary N) is 1. The van der Waals surface area contributed by atoms with Gasteiger partial charge in [0, 0.05) is 6.54 Å². The quantitative estimate of drug-likeness (QED) is 0.717. The van der Waals surface area contributed by atoms with Crippen LogP contribution in [0.3, 0.4) is 0 Å². The molecule has 0 aliphatic heterocycles. The van der Waals surface area contributed by atoms with Gasteiger partial charge in [-0.05, 0) is 24.1 Å². The van der Waals surface area contributed by atoms with Crippen molar-refractivity contribution in [2.75, 3.05) is 13.7 Å². The first-order valence-electron chi connectivity index (χ1n) is 6.48. The lowest BCUT2D eigenvalue weighted by molar-refractivity contribution is -0.119. The van der Waals surface area contributed by atoms with Crippen molar-refractivity contribution in [3.63, 3.8) is 0 Å². The fourth-order valence-corrected chi connectivity index (χ4v) is 2.01. The monoisotopic (exact) mass is 310 g/mol. The van der Waals surface area contributed by atoms with E-state index in [1.807, 2.05) is 6.92 Å². The van der Waals surface area contributed by atoms with Gasteiger partial charge >= 0.3 is 0 Å². The molecule has 0 heterocycles. The van der Waals surface area contributed by atoms with Crippen LogP contribution in [0.15, 0.2) is 12.1 Å². The Bertz CT molecular complexity index is 540. The molecule has 1 aromatic rings. The predicted molar refractivity (Wildman–Crippen MR) is 82.4 cm³/mol. The molecule has 1 atom stereocenters. The molecular formula is C15H19ClN2O3. The second-order valence-electron chi connectivity index (χ2n) is 4.37. The van der Waals surface area contributed by atoms with Crippen molar-refractivity contribution in [2.45, 2.75) is 25.9 Å². The van der Waals surface area contributed by atoms with E-state index in [0.717, 1.165) is 12.0 Å². The highest BCUT2D eigenvalue weighted by Gasteiger charge is 2.13. The van der Waals surface area contributed by atoms with Gasteiger partial charge in [0.15, 0.2) is 18.1 Å². The van der Waals surface area contributed by atoms with Crippen LogP contribution in [0, 0.1) is 12.3 Å². The molecule has 0 fully saturated rings. The zero-order chi connectivity index (χ0) is 15.8. The lowest BCUT2D eigenvalue weighted by Crippen LogP contribution is -2.26. The van der Waals surface area contributed by atoms with E-state index >= 15 is 0 Å². The third-order valence-corrected chi connectivity index (χ3v) is 3.09. The number of nitrogens with two attached hydrogens (primary N) is 1. The number of methoxy groups -OCH3 is 1. The van der Waals surface area contributed by atoms with Crippen LogP contribution in [0.4, 0.5) is 0 Å². The molecule has 0 aromatic heterocycles. The number of hydrogen-bond acceptors (Lipinski definition) is 4. The Morgan fingerprint density at radius 3 is 2.81 bits per heavy atom. The number of amides is 1. The number of benzene rings is 1. The molecule has 1 aromatic carbocycles. The van der Waals surface area contributed by atoms with Crippen LogP contribution in [0.2, 0.25) is 5.02 Å². The van der Waals surface area contributed by atoms with E-state index < -0.39 is 5.91 Å². The summed E-state index contributed by atoms with van der Waals surface area (Å²) in [5.41, 5.74) is 5.95. The Morgan fingerprint density at radius 1 is 1.57 bits per heavy atom. The maximum atomic E-state index is 10.8. The molecule has 0 bridgehead atoms. The van der Waals surface area contributed by atoms with Crippen LogP contribution in [-0.2, 0) is 11.3 Å². The first kappa shape index (κ1) is 17.2. The van der Waals surface area contributed by atoms with E-state index in [9.17, 15) is 4.79 Å². The average molecular weight is 311 g/mol. The largest absolute Gasteiger partial charge is 0.493 e. The standard InChI is InChI=1S/C15H19ClN2O3/c1-4-11(5-2)18-8-10-6-12(16)15(13(7-10)20-3)21-9-14(17)19/h1,6-7,11,18H,5,8-9H2,2-3H3,(H2,17,19). The molecule has 1 rings (SSSR count). The van der Waals surface area contributed by atoms with Crippen LogP contribution in [0.1, 0.15) is 18.9 Å². The summed E-state index contributed by atoms with van der Waals surface area (Å²) in [5.74, 6) is 2.81. The Hall–Kier alpha value is -1.90. The number of rotatable bonds is 8. The van der Waals surface area contributed by atoms with Crippen LogP contribution in [0.5, 0.6) is 11.5 Å². The molecule has 0 saturated heterocycles. The molecule has 0 aliphatic rings. The summed E-state index contributed by atoms with van der Waals surface area (Å²) in [6.45, 7) is 2.30. The third kappa shape index (κ3) is 5.18. The highest BCUT2D eigenvalue weighted by molar-refractivity contribution is 6.32. The molecule has 0 spiro atoms. The Balaban J connectivity index is 2.88. The van der Waals surface area contributed by atoms with Crippen molar-refractivity contribution in [2.24, 2.45) is 5.73 Å². The van der Waals surface area contributed by atoms with Gasteiger partial charge in [0.25, 0.3) is 5.91 Å². The summed E-state index contributed by atoms with van der Waals surface area (Å²) in [7, 11) is 1.50. The zero-order valence-electron chi connectivity index (χ0n) is 12.1. The molecular weight excluding hydrogens is 292 g/mol. The van der Waals surface area contributed by atoms with Crippen molar-refractivity contribution < 1.29 is 14.3 Å². The number of primary amides is 1. The fraction of sp³-hybridized carbons (Fsp3) is 0.400. The molecule has 1 amide bonds. The van der Waals surface area contributed by atoms with Crippen molar-refractivity contribution in [3.8, 4) is 23.8 Å². The van der Waals surface area contributed by atoms with Gasteiger partial charge in [0.1, 0.15) is 0 Å². The van der Waals surface area contributed by atoms with E-state index in [4.69, 9.17) is 33.2 Å². The third-order valence-electron chi connectivity index (χ3n) is 2.81. The van der Waals surface area contributed by atoms with Gasteiger partial charge in [-0.2, -0.15) is 0 Å². The molecule has 21 heavy (non-hydrogen) atoms. The number of ether oxygens (including phenoxy) is 2. The van der Waals surface area contributed by atoms with Gasteiger partial charge in [-0.15, -0.1) is 6.42 Å². The normalized spacial score (nSPS) is 11.5. The minimum Gasteiger partial charge on any atom is -0.493 e. The van der Waals surface area contributed by atoms with Crippen molar-refractivity contribution in [1.82, 2.24) is 5.32 Å². The molecule has 114 valence electrons. The van der Waals surface area contributed by atoms with Crippen LogP contribution in [0.25, 0.3) is 0 Å². The van der Waals surface area contributed by atoms with Gasteiger partial charge in [0.2, 0.25) is 0 Å². The van der Waals surface area contributed by atoms with E-state index in [0.29, 0.717) is 23.1 Å². The summed E-state index contributed by atoms with van der Waals surface area (Å²) in [6.07, 6.45) is 6.23. The molecule has 0 aliphatic carbocycles. The number of terminal acetylenes is 1. The second kappa shape index (κ2) is 8.40. The van der Waals surface area contributed by atoms with Gasteiger partial charge in [-0.1, -0.05) is 24.4 Å². The first-order valence-corrected chi connectivity index (χ1v) is 6.86. The van der Waals surface area contributed by atoms with E-state index in [1.54, 1.807) is 12.1 Å². The Labute approximate surface area is 129 Å². The van der Waals surface area contributed by atoms with Gasteiger partial charge in [-0.3, -0.25) is 10.1 Å². The lowest BCUT2D eigenvalue weighted by Gasteiger charge is -2.15. The molecule has 0 radical (unpaired) electrons. The van der Waals surface area contributed by atoms with E-state index in [1.165, 1.54) is 7.11 Å².